The van der Waals surface area contributed by atoms with Crippen molar-refractivity contribution in [2.75, 3.05) is 32.6 Å². The van der Waals surface area contributed by atoms with E-state index in [0.717, 1.165) is 17.8 Å². The molecule has 0 radical (unpaired) electrons. The van der Waals surface area contributed by atoms with Crippen LogP contribution in [0.5, 0.6) is 0 Å². The highest BCUT2D eigenvalue weighted by atomic mass is 16.2. The van der Waals surface area contributed by atoms with Crippen molar-refractivity contribution in [3.8, 4) is 0 Å². The van der Waals surface area contributed by atoms with E-state index < -0.39 is 0 Å². The Morgan fingerprint density at radius 1 is 1.19 bits per heavy atom. The molecule has 0 atom stereocenters. The Morgan fingerprint density at radius 3 is 2.48 bits per heavy atom. The first-order valence-corrected chi connectivity index (χ1v) is 6.83. The average Bonchev–Trinajstić information content (AvgIpc) is 2.44. The third-order valence-corrected chi connectivity index (χ3v) is 3.02. The van der Waals surface area contributed by atoms with Crippen LogP contribution in [-0.2, 0) is 16.1 Å². The maximum Gasteiger partial charge on any atom is 0.243 e. The molecule has 21 heavy (non-hydrogen) atoms. The number of carbonyl (C=O) groups is 2. The molecule has 1 N–H and O–H groups in total. The number of hydrogen-bond donors (Lipinski definition) is 1. The molecule has 0 saturated carbocycles. The number of anilines is 1. The highest BCUT2D eigenvalue weighted by Gasteiger charge is 2.10. The van der Waals surface area contributed by atoms with E-state index >= 15 is 0 Å². The van der Waals surface area contributed by atoms with Crippen LogP contribution in [0.2, 0.25) is 0 Å². The summed E-state index contributed by atoms with van der Waals surface area (Å²) in [5.74, 6) is -0.184. The van der Waals surface area contributed by atoms with E-state index in [1.807, 2.05) is 49.3 Å². The standard InChI is InChI=1S/C16H23N3O2/c1-13(20)19(4)15-9-6-5-8-14(15)12-17-16(21)10-7-11-18(2)3/h5-10H,11-12H2,1-4H3,(H,17,21)/b10-7+. The van der Waals surface area contributed by atoms with Gasteiger partial charge in [-0.2, -0.15) is 0 Å². The predicted molar refractivity (Wildman–Crippen MR) is 85.1 cm³/mol. The number of nitrogens with zero attached hydrogens (tertiary/aromatic N) is 2. The summed E-state index contributed by atoms with van der Waals surface area (Å²) in [6.45, 7) is 2.62. The highest BCUT2D eigenvalue weighted by Crippen LogP contribution is 2.18. The number of rotatable bonds is 6. The molecule has 0 unspecified atom stereocenters. The van der Waals surface area contributed by atoms with Crippen molar-refractivity contribution in [2.45, 2.75) is 13.5 Å². The van der Waals surface area contributed by atoms with Crippen LogP contribution < -0.4 is 10.2 Å². The van der Waals surface area contributed by atoms with Gasteiger partial charge in [-0.25, -0.2) is 0 Å². The van der Waals surface area contributed by atoms with Gasteiger partial charge < -0.3 is 15.1 Å². The van der Waals surface area contributed by atoms with E-state index in [0.29, 0.717) is 6.54 Å². The Balaban J connectivity index is 2.65. The summed E-state index contributed by atoms with van der Waals surface area (Å²) >= 11 is 0. The topological polar surface area (TPSA) is 52.7 Å². The first-order chi connectivity index (χ1) is 9.91. The Labute approximate surface area is 126 Å². The van der Waals surface area contributed by atoms with Gasteiger partial charge >= 0.3 is 0 Å². The number of likely N-dealkylation sites (N-methyl/N-ethyl adjacent to an activating group) is 1. The van der Waals surface area contributed by atoms with E-state index in [2.05, 4.69) is 5.32 Å². The van der Waals surface area contributed by atoms with Crippen LogP contribution in [0.25, 0.3) is 0 Å². The van der Waals surface area contributed by atoms with Crippen molar-refractivity contribution in [1.82, 2.24) is 10.2 Å². The number of amides is 2. The Kier molecular flexibility index (Phi) is 6.62. The summed E-state index contributed by atoms with van der Waals surface area (Å²) in [6.07, 6.45) is 3.33. The van der Waals surface area contributed by atoms with Gasteiger partial charge in [0.15, 0.2) is 0 Å². The molecule has 0 aliphatic heterocycles. The molecular weight excluding hydrogens is 266 g/mol. The number of benzene rings is 1. The zero-order valence-electron chi connectivity index (χ0n) is 13.1. The number of para-hydroxylation sites is 1. The maximum atomic E-state index is 11.7. The van der Waals surface area contributed by atoms with Gasteiger partial charge in [0.05, 0.1) is 0 Å². The third kappa shape index (κ3) is 5.79. The Hall–Kier alpha value is -2.14. The molecule has 0 aromatic heterocycles. The minimum atomic E-state index is -0.142. The second-order valence-electron chi connectivity index (χ2n) is 5.09. The highest BCUT2D eigenvalue weighted by molar-refractivity contribution is 5.92. The van der Waals surface area contributed by atoms with Gasteiger partial charge in [-0.05, 0) is 25.7 Å². The minimum absolute atomic E-state index is 0.0420. The van der Waals surface area contributed by atoms with Crippen molar-refractivity contribution < 1.29 is 9.59 Å². The van der Waals surface area contributed by atoms with Crippen molar-refractivity contribution in [3.05, 3.63) is 42.0 Å². The third-order valence-electron chi connectivity index (χ3n) is 3.02. The molecule has 0 spiro atoms. The van der Waals surface area contributed by atoms with Gasteiger partial charge in [0.2, 0.25) is 11.8 Å². The average molecular weight is 289 g/mol. The second-order valence-corrected chi connectivity index (χ2v) is 5.09. The lowest BCUT2D eigenvalue weighted by molar-refractivity contribution is -0.117. The molecule has 0 heterocycles. The number of carbonyl (C=O) groups excluding carboxylic acids is 2. The second kappa shape index (κ2) is 8.21. The van der Waals surface area contributed by atoms with Crippen LogP contribution in [0.15, 0.2) is 36.4 Å². The van der Waals surface area contributed by atoms with Crippen LogP contribution in [0.1, 0.15) is 12.5 Å². The molecule has 0 bridgehead atoms. The molecule has 0 aliphatic rings. The quantitative estimate of drug-likeness (QED) is 0.806. The van der Waals surface area contributed by atoms with Crippen LogP contribution in [0.4, 0.5) is 5.69 Å². The fourth-order valence-corrected chi connectivity index (χ4v) is 1.77. The van der Waals surface area contributed by atoms with Crippen molar-refractivity contribution in [3.63, 3.8) is 0 Å². The summed E-state index contributed by atoms with van der Waals surface area (Å²) in [6, 6.07) is 7.53. The van der Waals surface area contributed by atoms with Gasteiger partial charge in [-0.15, -0.1) is 0 Å². The first kappa shape index (κ1) is 16.9. The van der Waals surface area contributed by atoms with E-state index in [4.69, 9.17) is 0 Å². The first-order valence-electron chi connectivity index (χ1n) is 6.83. The molecule has 5 nitrogen and oxygen atoms in total. The van der Waals surface area contributed by atoms with E-state index in [9.17, 15) is 9.59 Å². The summed E-state index contributed by atoms with van der Waals surface area (Å²) in [7, 11) is 5.60. The van der Waals surface area contributed by atoms with Crippen LogP contribution in [0.3, 0.4) is 0 Å². The smallest absolute Gasteiger partial charge is 0.243 e. The number of nitrogens with one attached hydrogen (secondary N) is 1. The fraction of sp³-hybridized carbons (Fsp3) is 0.375. The predicted octanol–water partition coefficient (Wildman–Crippen LogP) is 1.40. The van der Waals surface area contributed by atoms with Crippen LogP contribution >= 0.6 is 0 Å². The molecule has 1 aromatic carbocycles. The molecule has 1 aromatic rings. The summed E-state index contributed by atoms with van der Waals surface area (Å²) in [5.41, 5.74) is 1.71. The fourth-order valence-electron chi connectivity index (χ4n) is 1.77. The summed E-state index contributed by atoms with van der Waals surface area (Å²) < 4.78 is 0. The van der Waals surface area contributed by atoms with Gasteiger partial charge in [-0.3, -0.25) is 9.59 Å². The van der Waals surface area contributed by atoms with Crippen molar-refractivity contribution in [2.24, 2.45) is 0 Å². The monoisotopic (exact) mass is 289 g/mol. The van der Waals surface area contributed by atoms with E-state index in [-0.39, 0.29) is 11.8 Å². The van der Waals surface area contributed by atoms with Crippen molar-refractivity contribution >= 4 is 17.5 Å². The van der Waals surface area contributed by atoms with Gasteiger partial charge in [0.25, 0.3) is 0 Å². The van der Waals surface area contributed by atoms with Crippen molar-refractivity contribution in [1.29, 1.82) is 0 Å². The zero-order chi connectivity index (χ0) is 15.8. The molecule has 1 rings (SSSR count). The molecule has 0 fully saturated rings. The normalized spacial score (nSPS) is 10.9. The Bertz CT molecular complexity index is 524. The molecule has 2 amide bonds. The molecule has 0 saturated heterocycles. The molecule has 0 aliphatic carbocycles. The van der Waals surface area contributed by atoms with E-state index in [1.54, 1.807) is 11.9 Å². The largest absolute Gasteiger partial charge is 0.348 e. The van der Waals surface area contributed by atoms with E-state index in [1.165, 1.54) is 13.0 Å². The van der Waals surface area contributed by atoms with Crippen LogP contribution in [0, 0.1) is 0 Å². The van der Waals surface area contributed by atoms with Gasteiger partial charge in [0, 0.05) is 38.8 Å². The SMILES string of the molecule is CC(=O)N(C)c1ccccc1CNC(=O)/C=C/CN(C)C. The van der Waals surface area contributed by atoms with Gasteiger partial charge in [-0.1, -0.05) is 24.3 Å². The molecular formula is C16H23N3O2. The number of hydrogen-bond acceptors (Lipinski definition) is 3. The van der Waals surface area contributed by atoms with Crippen LogP contribution in [-0.4, -0.2) is 44.4 Å². The maximum absolute atomic E-state index is 11.7. The van der Waals surface area contributed by atoms with Gasteiger partial charge in [0.1, 0.15) is 0 Å². The lowest BCUT2D eigenvalue weighted by Gasteiger charge is -2.19. The molecule has 114 valence electrons. The lowest BCUT2D eigenvalue weighted by Crippen LogP contribution is -2.26. The molecule has 5 heteroatoms. The minimum Gasteiger partial charge on any atom is -0.348 e. The zero-order valence-corrected chi connectivity index (χ0v) is 13.1. The lowest BCUT2D eigenvalue weighted by atomic mass is 10.1. The summed E-state index contributed by atoms with van der Waals surface area (Å²) in [5, 5.41) is 2.82. The summed E-state index contributed by atoms with van der Waals surface area (Å²) in [4.78, 5) is 26.7. The Morgan fingerprint density at radius 2 is 1.86 bits per heavy atom.